The van der Waals surface area contributed by atoms with E-state index in [1.165, 1.54) is 29.3 Å². The molecule has 5 rings (SSSR count). The molecular weight excluding hydrogens is 427 g/mol. The number of aromatic nitrogens is 1. The third-order valence-corrected chi connectivity index (χ3v) is 9.18. The molecule has 5 unspecified atom stereocenters. The fourth-order valence-electron chi connectivity index (χ4n) is 7.27. The van der Waals surface area contributed by atoms with E-state index in [0.717, 1.165) is 44.2 Å². The number of allylic oxidation sites excluding steroid dienone is 5. The molecule has 0 bridgehead atoms. The van der Waals surface area contributed by atoms with Gasteiger partial charge in [-0.05, 0) is 80.7 Å². The third kappa shape index (κ3) is 3.96. The molecule has 4 aliphatic carbocycles. The molecule has 0 aromatic carbocycles. The predicted octanol–water partition coefficient (Wildman–Crippen LogP) is 5.96. The van der Waals surface area contributed by atoms with Crippen molar-refractivity contribution in [2.75, 3.05) is 20.6 Å². The minimum absolute atomic E-state index is 0.0128. The highest BCUT2D eigenvalue weighted by Crippen LogP contribution is 2.64. The summed E-state index contributed by atoms with van der Waals surface area (Å²) in [6.45, 7) is 5.51. The molecule has 2 fully saturated rings. The monoisotopic (exact) mass is 464 g/mol. The Balaban J connectivity index is 1.32. The summed E-state index contributed by atoms with van der Waals surface area (Å²) in [4.78, 5) is 18.4. The largest absolute Gasteiger partial charge is 0.462 e. The molecule has 0 saturated heterocycles. The van der Waals surface area contributed by atoms with Crippen molar-refractivity contribution in [1.82, 2.24) is 9.88 Å². The highest BCUT2D eigenvalue weighted by atomic mass is 19.1. The van der Waals surface area contributed by atoms with Crippen molar-refractivity contribution in [1.29, 1.82) is 0 Å². The van der Waals surface area contributed by atoms with Crippen molar-refractivity contribution < 1.29 is 13.9 Å². The quantitative estimate of drug-likeness (QED) is 0.398. The minimum atomic E-state index is -0.277. The van der Waals surface area contributed by atoms with Crippen LogP contribution < -0.4 is 0 Å². The summed E-state index contributed by atoms with van der Waals surface area (Å²) in [5.74, 6) is 0.769. The molecule has 1 aromatic heterocycles. The van der Waals surface area contributed by atoms with E-state index in [2.05, 4.69) is 37.1 Å². The van der Waals surface area contributed by atoms with Crippen molar-refractivity contribution in [3.63, 3.8) is 0 Å². The van der Waals surface area contributed by atoms with E-state index >= 15 is 0 Å². The van der Waals surface area contributed by atoms with Crippen LogP contribution in [-0.2, 0) is 9.53 Å². The lowest BCUT2D eigenvalue weighted by atomic mass is 9.49. The highest BCUT2D eigenvalue weighted by Gasteiger charge is 2.54. The topological polar surface area (TPSA) is 42.4 Å². The van der Waals surface area contributed by atoms with E-state index in [-0.39, 0.29) is 28.7 Å². The standard InChI is InChI=1S/C29H37FN2O2/c1-28-12-9-22(34-27(33)11-14-32(3)4)16-20(28)5-6-23-25-8-7-24(19-15-21(30)18-31-17-19)29(25,2)13-10-26(23)28/h5,7-8,15,17-18,22-23,26H,6,9-14,16H2,1-4H3. The van der Waals surface area contributed by atoms with Crippen LogP contribution in [0.5, 0.6) is 0 Å². The van der Waals surface area contributed by atoms with Gasteiger partial charge >= 0.3 is 5.97 Å². The highest BCUT2D eigenvalue weighted by molar-refractivity contribution is 5.78. The number of pyridine rings is 1. The smallest absolute Gasteiger partial charge is 0.307 e. The maximum Gasteiger partial charge on any atom is 0.307 e. The summed E-state index contributed by atoms with van der Waals surface area (Å²) >= 11 is 0. The van der Waals surface area contributed by atoms with Crippen LogP contribution in [0.25, 0.3) is 5.57 Å². The molecule has 4 aliphatic rings. The van der Waals surface area contributed by atoms with Crippen molar-refractivity contribution in [3.05, 3.63) is 59.2 Å². The molecule has 2 saturated carbocycles. The van der Waals surface area contributed by atoms with Crippen molar-refractivity contribution in [2.45, 2.75) is 64.9 Å². The Morgan fingerprint density at radius 1 is 1.21 bits per heavy atom. The molecule has 0 amide bonds. The second-order valence-corrected chi connectivity index (χ2v) is 11.5. The van der Waals surface area contributed by atoms with E-state index in [0.29, 0.717) is 18.3 Å². The van der Waals surface area contributed by atoms with Gasteiger partial charge in [0.15, 0.2) is 0 Å². The molecule has 0 radical (unpaired) electrons. The lowest BCUT2D eigenvalue weighted by Gasteiger charge is -2.56. The van der Waals surface area contributed by atoms with E-state index < -0.39 is 0 Å². The molecule has 0 N–H and O–H groups in total. The van der Waals surface area contributed by atoms with E-state index in [4.69, 9.17) is 4.74 Å². The molecular formula is C29H37FN2O2. The average Bonchev–Trinajstić information content (AvgIpc) is 3.15. The summed E-state index contributed by atoms with van der Waals surface area (Å²) in [7, 11) is 3.95. The van der Waals surface area contributed by atoms with Crippen LogP contribution >= 0.6 is 0 Å². The van der Waals surface area contributed by atoms with Gasteiger partial charge in [0, 0.05) is 24.6 Å². The van der Waals surface area contributed by atoms with Gasteiger partial charge in [0.05, 0.1) is 12.6 Å². The van der Waals surface area contributed by atoms with E-state index in [9.17, 15) is 9.18 Å². The lowest BCUT2D eigenvalue weighted by Crippen LogP contribution is -2.47. The van der Waals surface area contributed by atoms with Crippen LogP contribution in [0.4, 0.5) is 4.39 Å². The normalized spacial score (nSPS) is 34.4. The fourth-order valence-corrected chi connectivity index (χ4v) is 7.27. The second kappa shape index (κ2) is 8.75. The van der Waals surface area contributed by atoms with Gasteiger partial charge in [0.25, 0.3) is 0 Å². The average molecular weight is 465 g/mol. The number of carbonyl (C=O) groups excluding carboxylic acids is 1. The van der Waals surface area contributed by atoms with Crippen LogP contribution in [-0.4, -0.2) is 42.6 Å². The first kappa shape index (κ1) is 23.5. The van der Waals surface area contributed by atoms with Crippen LogP contribution in [0.1, 0.15) is 64.4 Å². The zero-order valence-corrected chi connectivity index (χ0v) is 20.9. The number of nitrogens with zero attached hydrogens (tertiary/aromatic N) is 2. The number of hydrogen-bond acceptors (Lipinski definition) is 4. The number of esters is 1. The maximum atomic E-state index is 13.9. The van der Waals surface area contributed by atoms with Gasteiger partial charge < -0.3 is 9.64 Å². The van der Waals surface area contributed by atoms with Crippen molar-refractivity contribution in [2.24, 2.45) is 22.7 Å². The summed E-state index contributed by atoms with van der Waals surface area (Å²) in [5.41, 5.74) is 5.24. The Kier molecular flexibility index (Phi) is 6.04. The number of ether oxygens (including phenoxy) is 1. The number of fused-ring (bicyclic) bond motifs is 5. The van der Waals surface area contributed by atoms with Gasteiger partial charge in [0.2, 0.25) is 0 Å². The lowest BCUT2D eigenvalue weighted by molar-refractivity contribution is -0.151. The first-order chi connectivity index (χ1) is 16.2. The Morgan fingerprint density at radius 3 is 2.79 bits per heavy atom. The van der Waals surface area contributed by atoms with E-state index in [1.807, 2.05) is 19.0 Å². The molecule has 182 valence electrons. The second-order valence-electron chi connectivity index (χ2n) is 11.5. The zero-order chi connectivity index (χ0) is 24.1. The summed E-state index contributed by atoms with van der Waals surface area (Å²) in [6, 6.07) is 1.62. The number of rotatable bonds is 5. The molecule has 1 aromatic rings. The third-order valence-electron chi connectivity index (χ3n) is 9.18. The molecule has 1 heterocycles. The molecule has 0 aliphatic heterocycles. The van der Waals surface area contributed by atoms with Crippen LogP contribution in [0.15, 0.2) is 47.8 Å². The van der Waals surface area contributed by atoms with Gasteiger partial charge in [-0.3, -0.25) is 9.78 Å². The van der Waals surface area contributed by atoms with Gasteiger partial charge in [-0.1, -0.05) is 43.2 Å². The molecule has 5 atom stereocenters. The van der Waals surface area contributed by atoms with Crippen molar-refractivity contribution in [3.8, 4) is 0 Å². The predicted molar refractivity (Wildman–Crippen MR) is 132 cm³/mol. The molecule has 4 nitrogen and oxygen atoms in total. The summed E-state index contributed by atoms with van der Waals surface area (Å²) in [6.07, 6.45) is 16.7. The number of carbonyl (C=O) groups is 1. The summed E-state index contributed by atoms with van der Waals surface area (Å²) < 4.78 is 19.8. The molecule has 34 heavy (non-hydrogen) atoms. The van der Waals surface area contributed by atoms with Gasteiger partial charge in [-0.2, -0.15) is 0 Å². The van der Waals surface area contributed by atoms with E-state index in [1.54, 1.807) is 12.3 Å². The van der Waals surface area contributed by atoms with Crippen LogP contribution in [0.3, 0.4) is 0 Å². The maximum absolute atomic E-state index is 13.9. The number of halogens is 1. The minimum Gasteiger partial charge on any atom is -0.462 e. The Labute approximate surface area is 203 Å². The van der Waals surface area contributed by atoms with Crippen LogP contribution in [0, 0.1) is 28.5 Å². The van der Waals surface area contributed by atoms with Crippen LogP contribution in [0.2, 0.25) is 0 Å². The van der Waals surface area contributed by atoms with Gasteiger partial charge in [-0.15, -0.1) is 0 Å². The van der Waals surface area contributed by atoms with Gasteiger partial charge in [-0.25, -0.2) is 4.39 Å². The first-order valence-corrected chi connectivity index (χ1v) is 12.8. The molecule has 5 heteroatoms. The Morgan fingerprint density at radius 2 is 2.03 bits per heavy atom. The van der Waals surface area contributed by atoms with Crippen molar-refractivity contribution >= 4 is 11.5 Å². The Bertz CT molecular complexity index is 1070. The summed E-state index contributed by atoms with van der Waals surface area (Å²) in [5, 5.41) is 0. The van der Waals surface area contributed by atoms with Gasteiger partial charge in [0.1, 0.15) is 11.9 Å². The first-order valence-electron chi connectivity index (χ1n) is 12.8. The number of hydrogen-bond donors (Lipinski definition) is 0. The SMILES string of the molecule is CN(C)CCC(=O)OC1CCC2(C)C(=CCC3C4=CC=C(c5cncc(F)c5)C4(C)CCC32)C1. The fraction of sp³-hybridized carbons (Fsp3) is 0.586. The zero-order valence-electron chi connectivity index (χ0n) is 20.9. The Hall–Kier alpha value is -2.27. The molecule has 0 spiro atoms.